The Labute approximate surface area is 107 Å². The van der Waals surface area contributed by atoms with E-state index in [0.717, 1.165) is 11.7 Å². The molecule has 1 aromatic rings. The summed E-state index contributed by atoms with van der Waals surface area (Å²) in [7, 11) is 0. The zero-order valence-electron chi connectivity index (χ0n) is 10.7. The van der Waals surface area contributed by atoms with Gasteiger partial charge in [-0.25, -0.2) is 9.78 Å². The zero-order valence-corrected chi connectivity index (χ0v) is 10.7. The van der Waals surface area contributed by atoms with Crippen molar-refractivity contribution >= 4 is 11.8 Å². The smallest absolute Gasteiger partial charge is 0.337 e. The highest BCUT2D eigenvalue weighted by molar-refractivity contribution is 5.87. The third kappa shape index (κ3) is 3.45. The van der Waals surface area contributed by atoms with Gasteiger partial charge < -0.3 is 10.4 Å². The van der Waals surface area contributed by atoms with Crippen LogP contribution in [-0.2, 0) is 0 Å². The third-order valence-corrected chi connectivity index (χ3v) is 3.62. The number of aromatic carboxylic acids is 1. The lowest BCUT2D eigenvalue weighted by Crippen LogP contribution is -2.19. The standard InChI is InChI=1S/C14H20N2O2/c1-10-3-2-4-12(7-5-10)16-13-8-6-11(9-15-13)14(17)18/h6,8-10,12H,2-5,7H2,1H3,(H,15,16)(H,17,18). The molecule has 98 valence electrons. The highest BCUT2D eigenvalue weighted by Crippen LogP contribution is 2.24. The molecule has 0 aromatic carbocycles. The van der Waals surface area contributed by atoms with E-state index in [2.05, 4.69) is 17.2 Å². The predicted molar refractivity (Wildman–Crippen MR) is 70.9 cm³/mol. The maximum Gasteiger partial charge on any atom is 0.337 e. The molecule has 1 fully saturated rings. The van der Waals surface area contributed by atoms with Crippen LogP contribution in [0.4, 0.5) is 5.82 Å². The van der Waals surface area contributed by atoms with Crippen LogP contribution < -0.4 is 5.32 Å². The van der Waals surface area contributed by atoms with E-state index < -0.39 is 5.97 Å². The molecule has 0 spiro atoms. The topological polar surface area (TPSA) is 62.2 Å². The van der Waals surface area contributed by atoms with E-state index in [4.69, 9.17) is 5.11 Å². The molecule has 2 atom stereocenters. The Morgan fingerprint density at radius 3 is 2.83 bits per heavy atom. The second-order valence-electron chi connectivity index (χ2n) is 5.19. The van der Waals surface area contributed by atoms with Crippen LogP contribution in [0.5, 0.6) is 0 Å². The molecule has 2 N–H and O–H groups in total. The van der Waals surface area contributed by atoms with Crippen LogP contribution >= 0.6 is 0 Å². The summed E-state index contributed by atoms with van der Waals surface area (Å²) < 4.78 is 0. The summed E-state index contributed by atoms with van der Waals surface area (Å²) in [6.07, 6.45) is 7.57. The first-order valence-corrected chi connectivity index (χ1v) is 6.61. The number of carboxylic acids is 1. The van der Waals surface area contributed by atoms with Gasteiger partial charge in [-0.05, 0) is 37.3 Å². The lowest BCUT2D eigenvalue weighted by Gasteiger charge is -2.16. The Balaban J connectivity index is 1.94. The number of pyridine rings is 1. The summed E-state index contributed by atoms with van der Waals surface area (Å²) in [4.78, 5) is 14.9. The molecule has 4 nitrogen and oxygen atoms in total. The molecule has 4 heteroatoms. The zero-order chi connectivity index (χ0) is 13.0. The van der Waals surface area contributed by atoms with Crippen molar-refractivity contribution in [1.29, 1.82) is 0 Å². The van der Waals surface area contributed by atoms with Crippen molar-refractivity contribution in [1.82, 2.24) is 4.98 Å². The van der Waals surface area contributed by atoms with E-state index in [9.17, 15) is 4.79 Å². The van der Waals surface area contributed by atoms with Crippen molar-refractivity contribution in [2.75, 3.05) is 5.32 Å². The second kappa shape index (κ2) is 5.85. The van der Waals surface area contributed by atoms with Crippen molar-refractivity contribution < 1.29 is 9.90 Å². The summed E-state index contributed by atoms with van der Waals surface area (Å²) in [5.41, 5.74) is 0.232. The minimum Gasteiger partial charge on any atom is -0.478 e. The van der Waals surface area contributed by atoms with Crippen LogP contribution in [0.1, 0.15) is 49.4 Å². The molecule has 2 unspecified atom stereocenters. The number of hydrogen-bond donors (Lipinski definition) is 2. The summed E-state index contributed by atoms with van der Waals surface area (Å²) in [6.45, 7) is 2.31. The Kier molecular flexibility index (Phi) is 4.18. The highest BCUT2D eigenvalue weighted by atomic mass is 16.4. The molecule has 1 aromatic heterocycles. The van der Waals surface area contributed by atoms with Crippen LogP contribution in [0.15, 0.2) is 18.3 Å². The average Bonchev–Trinajstić information content (AvgIpc) is 2.55. The SMILES string of the molecule is CC1CCCC(Nc2ccc(C(=O)O)cn2)CC1. The molecule has 0 bridgehead atoms. The van der Waals surface area contributed by atoms with E-state index in [-0.39, 0.29) is 5.56 Å². The van der Waals surface area contributed by atoms with Gasteiger partial charge in [0.05, 0.1) is 5.56 Å². The fraction of sp³-hybridized carbons (Fsp3) is 0.571. The number of anilines is 1. The van der Waals surface area contributed by atoms with Crippen LogP contribution in [0, 0.1) is 5.92 Å². The second-order valence-corrected chi connectivity index (χ2v) is 5.19. The monoisotopic (exact) mass is 248 g/mol. The van der Waals surface area contributed by atoms with E-state index in [1.807, 2.05) is 0 Å². The van der Waals surface area contributed by atoms with Crippen molar-refractivity contribution in [3.63, 3.8) is 0 Å². The first kappa shape index (κ1) is 12.9. The van der Waals surface area contributed by atoms with Crippen molar-refractivity contribution in [2.45, 2.75) is 45.1 Å². The van der Waals surface area contributed by atoms with Crippen molar-refractivity contribution in [2.24, 2.45) is 5.92 Å². The highest BCUT2D eigenvalue weighted by Gasteiger charge is 2.16. The van der Waals surface area contributed by atoms with Crippen LogP contribution in [-0.4, -0.2) is 22.1 Å². The average molecular weight is 248 g/mol. The number of nitrogens with zero attached hydrogens (tertiary/aromatic N) is 1. The summed E-state index contributed by atoms with van der Waals surface area (Å²) in [5, 5.41) is 12.2. The van der Waals surface area contributed by atoms with E-state index in [0.29, 0.717) is 6.04 Å². The Morgan fingerprint density at radius 2 is 2.17 bits per heavy atom. The first-order valence-electron chi connectivity index (χ1n) is 6.61. The van der Waals surface area contributed by atoms with Crippen LogP contribution in [0.2, 0.25) is 0 Å². The number of carbonyl (C=O) groups is 1. The fourth-order valence-corrected chi connectivity index (χ4v) is 2.45. The molecule has 1 saturated carbocycles. The summed E-state index contributed by atoms with van der Waals surface area (Å²) >= 11 is 0. The minimum atomic E-state index is -0.933. The molecule has 0 amide bonds. The molecule has 1 aliphatic rings. The van der Waals surface area contributed by atoms with Gasteiger partial charge in [-0.1, -0.05) is 19.8 Å². The van der Waals surface area contributed by atoms with E-state index >= 15 is 0 Å². The molecule has 18 heavy (non-hydrogen) atoms. The van der Waals surface area contributed by atoms with E-state index in [1.165, 1.54) is 38.3 Å². The van der Waals surface area contributed by atoms with Gasteiger partial charge in [-0.2, -0.15) is 0 Å². The number of aromatic nitrogens is 1. The molecule has 0 radical (unpaired) electrons. The summed E-state index contributed by atoms with van der Waals surface area (Å²) in [6, 6.07) is 3.81. The molecule has 1 aliphatic carbocycles. The minimum absolute atomic E-state index is 0.232. The number of carboxylic acid groups (broad SMARTS) is 1. The normalized spacial score (nSPS) is 24.3. The molecule has 1 heterocycles. The van der Waals surface area contributed by atoms with Crippen LogP contribution in [0.25, 0.3) is 0 Å². The third-order valence-electron chi connectivity index (χ3n) is 3.62. The van der Waals surface area contributed by atoms with Gasteiger partial charge in [-0.15, -0.1) is 0 Å². The van der Waals surface area contributed by atoms with Gasteiger partial charge >= 0.3 is 5.97 Å². The molecule has 0 saturated heterocycles. The van der Waals surface area contributed by atoms with Gasteiger partial charge in [0.1, 0.15) is 5.82 Å². The Hall–Kier alpha value is -1.58. The molecule has 0 aliphatic heterocycles. The lowest BCUT2D eigenvalue weighted by atomic mass is 10.0. The van der Waals surface area contributed by atoms with Crippen molar-refractivity contribution in [3.8, 4) is 0 Å². The van der Waals surface area contributed by atoms with Gasteiger partial charge in [0.15, 0.2) is 0 Å². The number of nitrogens with one attached hydrogen (secondary N) is 1. The maximum absolute atomic E-state index is 10.7. The largest absolute Gasteiger partial charge is 0.478 e. The fourth-order valence-electron chi connectivity index (χ4n) is 2.45. The maximum atomic E-state index is 10.7. The molecular formula is C14H20N2O2. The van der Waals surface area contributed by atoms with Gasteiger partial charge in [0.2, 0.25) is 0 Å². The Bertz CT molecular complexity index is 403. The lowest BCUT2D eigenvalue weighted by molar-refractivity contribution is 0.0696. The van der Waals surface area contributed by atoms with Gasteiger partial charge in [0, 0.05) is 12.2 Å². The summed E-state index contributed by atoms with van der Waals surface area (Å²) in [5.74, 6) is 0.663. The van der Waals surface area contributed by atoms with Crippen LogP contribution in [0.3, 0.4) is 0 Å². The quantitative estimate of drug-likeness (QED) is 0.806. The predicted octanol–water partition coefficient (Wildman–Crippen LogP) is 3.16. The van der Waals surface area contributed by atoms with Gasteiger partial charge in [-0.3, -0.25) is 0 Å². The van der Waals surface area contributed by atoms with E-state index in [1.54, 1.807) is 12.1 Å². The Morgan fingerprint density at radius 1 is 1.33 bits per heavy atom. The number of rotatable bonds is 3. The molecular weight excluding hydrogens is 228 g/mol. The van der Waals surface area contributed by atoms with Crippen molar-refractivity contribution in [3.05, 3.63) is 23.9 Å². The van der Waals surface area contributed by atoms with Gasteiger partial charge in [0.25, 0.3) is 0 Å². The number of hydrogen-bond acceptors (Lipinski definition) is 3. The first-order chi connectivity index (χ1) is 8.65. The molecule has 2 rings (SSSR count).